The number of nitrogens with two attached hydrogens (primary N) is 1. The van der Waals surface area contributed by atoms with Crippen LogP contribution in [-0.2, 0) is 20.8 Å². The Bertz CT molecular complexity index is 367. The van der Waals surface area contributed by atoms with Gasteiger partial charge in [0.05, 0.1) is 4.99 Å². The molecule has 0 heterocycles. The van der Waals surface area contributed by atoms with Gasteiger partial charge in [0, 0.05) is 28.9 Å². The van der Waals surface area contributed by atoms with Gasteiger partial charge < -0.3 is 5.73 Å². The van der Waals surface area contributed by atoms with E-state index in [9.17, 15) is 12.6 Å². The molecule has 5 nitrogen and oxygen atoms in total. The Morgan fingerprint density at radius 1 is 1.50 bits per heavy atom. The summed E-state index contributed by atoms with van der Waals surface area (Å²) in [5.74, 6) is 0.463. The van der Waals surface area contributed by atoms with E-state index >= 15 is 0 Å². The fourth-order valence-corrected chi connectivity index (χ4v) is 3.19. The quantitative estimate of drug-likeness (QED) is 0.629. The predicted molar refractivity (Wildman–Crippen MR) is 71.3 cm³/mol. The van der Waals surface area contributed by atoms with E-state index < -0.39 is 26.1 Å². The summed E-state index contributed by atoms with van der Waals surface area (Å²) in [5, 5.41) is -0.892. The molecule has 3 unspecified atom stereocenters. The van der Waals surface area contributed by atoms with Crippen molar-refractivity contribution in [2.24, 2.45) is 5.73 Å². The van der Waals surface area contributed by atoms with Gasteiger partial charge in [-0.05, 0) is 20.3 Å². The number of nitrogens with one attached hydrogen (secondary N) is 1. The zero-order valence-corrected chi connectivity index (χ0v) is 12.0. The average molecular weight is 286 g/mol. The first-order valence-corrected chi connectivity index (χ1v) is 8.45. The molecule has 0 aliphatic heterocycles. The maximum absolute atomic E-state index is 11.7. The fourth-order valence-electron chi connectivity index (χ4n) is 0.937. The van der Waals surface area contributed by atoms with Gasteiger partial charge in [0.1, 0.15) is 5.25 Å². The molecular weight excluding hydrogens is 268 g/mol. The van der Waals surface area contributed by atoms with Gasteiger partial charge in [0.25, 0.3) is 0 Å². The number of rotatable bonds is 7. The van der Waals surface area contributed by atoms with Gasteiger partial charge in [-0.25, -0.2) is 13.1 Å². The molecule has 8 heteroatoms. The Labute approximate surface area is 105 Å². The minimum Gasteiger partial charge on any atom is -0.392 e. The van der Waals surface area contributed by atoms with Crippen LogP contribution in [0.1, 0.15) is 20.3 Å². The van der Waals surface area contributed by atoms with Crippen LogP contribution in [0.25, 0.3) is 0 Å². The Morgan fingerprint density at radius 2 is 2.00 bits per heavy atom. The van der Waals surface area contributed by atoms with E-state index in [1.54, 1.807) is 13.2 Å². The van der Waals surface area contributed by atoms with E-state index in [0.717, 1.165) is 0 Å². The molecule has 0 spiro atoms. The predicted octanol–water partition coefficient (Wildman–Crippen LogP) is -0.262. The van der Waals surface area contributed by atoms with Gasteiger partial charge >= 0.3 is 0 Å². The standard InChI is InChI=1S/C8H18N2O3S3/c1-6(4-5-15(3)11)10-16(12,13)7(2)8(9)14/h6-7,10H,4-5H2,1-3H3,(H2,9,14). The summed E-state index contributed by atoms with van der Waals surface area (Å²) in [4.78, 5) is -0.0567. The number of sulfonamides is 1. The molecule has 3 N–H and O–H groups in total. The van der Waals surface area contributed by atoms with Crippen LogP contribution in [0.5, 0.6) is 0 Å². The summed E-state index contributed by atoms with van der Waals surface area (Å²) in [5.41, 5.74) is 5.28. The first-order chi connectivity index (χ1) is 7.16. The minimum absolute atomic E-state index is 0.0567. The first kappa shape index (κ1) is 16.0. The van der Waals surface area contributed by atoms with Crippen LogP contribution < -0.4 is 10.5 Å². The third-order valence-corrected chi connectivity index (χ3v) is 5.30. The van der Waals surface area contributed by atoms with E-state index in [1.807, 2.05) is 0 Å². The molecule has 0 saturated carbocycles. The van der Waals surface area contributed by atoms with E-state index in [0.29, 0.717) is 12.2 Å². The molecule has 0 aromatic rings. The van der Waals surface area contributed by atoms with Gasteiger partial charge in [-0.15, -0.1) is 0 Å². The normalized spacial score (nSPS) is 17.7. The van der Waals surface area contributed by atoms with Crippen molar-refractivity contribution in [1.29, 1.82) is 0 Å². The lowest BCUT2D eigenvalue weighted by Crippen LogP contribution is -2.43. The second-order valence-corrected chi connectivity index (χ2v) is 7.73. The van der Waals surface area contributed by atoms with Crippen LogP contribution in [0.3, 0.4) is 0 Å². The van der Waals surface area contributed by atoms with Crippen LogP contribution in [0.4, 0.5) is 0 Å². The van der Waals surface area contributed by atoms with Gasteiger partial charge in [-0.1, -0.05) is 12.2 Å². The Balaban J connectivity index is 4.37. The van der Waals surface area contributed by atoms with Crippen molar-refractivity contribution in [3.63, 3.8) is 0 Å². The van der Waals surface area contributed by atoms with Gasteiger partial charge in [-0.2, -0.15) is 0 Å². The Kier molecular flexibility index (Phi) is 6.61. The topological polar surface area (TPSA) is 89.3 Å². The van der Waals surface area contributed by atoms with E-state index in [2.05, 4.69) is 16.9 Å². The molecule has 0 bridgehead atoms. The van der Waals surface area contributed by atoms with E-state index in [1.165, 1.54) is 6.92 Å². The summed E-state index contributed by atoms with van der Waals surface area (Å²) in [6.07, 6.45) is 2.10. The Morgan fingerprint density at radius 3 is 2.38 bits per heavy atom. The highest BCUT2D eigenvalue weighted by atomic mass is 32.2. The second kappa shape index (κ2) is 6.63. The van der Waals surface area contributed by atoms with Gasteiger partial charge in [0.15, 0.2) is 0 Å². The molecule has 0 fully saturated rings. The highest BCUT2D eigenvalue weighted by molar-refractivity contribution is 7.93. The van der Waals surface area contributed by atoms with Crippen molar-refractivity contribution in [3.05, 3.63) is 0 Å². The molecule has 16 heavy (non-hydrogen) atoms. The SMILES string of the molecule is CC(CCS(C)=O)NS(=O)(=O)C(C)C(N)=S. The molecule has 0 aliphatic rings. The summed E-state index contributed by atoms with van der Waals surface area (Å²) < 4.78 is 36.7. The lowest BCUT2D eigenvalue weighted by atomic mass is 10.3. The maximum Gasteiger partial charge on any atom is 0.220 e. The second-order valence-electron chi connectivity index (χ2n) is 3.67. The summed E-state index contributed by atoms with van der Waals surface area (Å²) in [7, 11) is -4.44. The lowest BCUT2D eigenvalue weighted by molar-refractivity contribution is 0.553. The van der Waals surface area contributed by atoms with Crippen LogP contribution in [0.15, 0.2) is 0 Å². The van der Waals surface area contributed by atoms with Crippen molar-refractivity contribution in [3.8, 4) is 0 Å². The average Bonchev–Trinajstić information content (AvgIpc) is 2.12. The van der Waals surface area contributed by atoms with Crippen LogP contribution in [0.2, 0.25) is 0 Å². The zero-order chi connectivity index (χ0) is 12.9. The molecule has 96 valence electrons. The van der Waals surface area contributed by atoms with Crippen molar-refractivity contribution in [2.45, 2.75) is 31.6 Å². The zero-order valence-electron chi connectivity index (χ0n) is 9.60. The van der Waals surface area contributed by atoms with Crippen molar-refractivity contribution < 1.29 is 12.6 Å². The number of thiocarbonyl (C=S) groups is 1. The third-order valence-electron chi connectivity index (χ3n) is 2.07. The fraction of sp³-hybridized carbons (Fsp3) is 0.875. The van der Waals surface area contributed by atoms with Gasteiger partial charge in [-0.3, -0.25) is 4.21 Å². The molecule has 0 rings (SSSR count). The molecule has 0 saturated heterocycles. The molecule has 0 radical (unpaired) electrons. The maximum atomic E-state index is 11.7. The monoisotopic (exact) mass is 286 g/mol. The third kappa shape index (κ3) is 5.88. The summed E-state index contributed by atoms with van der Waals surface area (Å²) >= 11 is 4.64. The molecule has 0 aliphatic carbocycles. The molecule has 0 amide bonds. The molecular formula is C8H18N2O3S3. The highest BCUT2D eigenvalue weighted by Gasteiger charge is 2.24. The van der Waals surface area contributed by atoms with Crippen LogP contribution in [-0.4, -0.2) is 40.9 Å². The summed E-state index contributed by atoms with van der Waals surface area (Å²) in [6.45, 7) is 3.16. The van der Waals surface area contributed by atoms with Crippen molar-refractivity contribution >= 4 is 38.0 Å². The molecule has 0 aromatic carbocycles. The molecule has 3 atom stereocenters. The largest absolute Gasteiger partial charge is 0.392 e. The van der Waals surface area contributed by atoms with E-state index in [4.69, 9.17) is 5.73 Å². The smallest absolute Gasteiger partial charge is 0.220 e. The minimum atomic E-state index is -3.52. The highest BCUT2D eigenvalue weighted by Crippen LogP contribution is 2.02. The Hall–Kier alpha value is -0.0500. The van der Waals surface area contributed by atoms with Crippen molar-refractivity contribution in [1.82, 2.24) is 4.72 Å². The van der Waals surface area contributed by atoms with Crippen molar-refractivity contribution in [2.75, 3.05) is 12.0 Å². The number of hydrogen-bond donors (Lipinski definition) is 2. The molecule has 0 aromatic heterocycles. The van der Waals surface area contributed by atoms with Crippen LogP contribution in [0, 0.1) is 0 Å². The van der Waals surface area contributed by atoms with Crippen LogP contribution >= 0.6 is 12.2 Å². The number of hydrogen-bond acceptors (Lipinski definition) is 4. The lowest BCUT2D eigenvalue weighted by Gasteiger charge is -2.17. The van der Waals surface area contributed by atoms with Gasteiger partial charge in [0.2, 0.25) is 10.0 Å². The van der Waals surface area contributed by atoms with E-state index in [-0.39, 0.29) is 11.0 Å². The first-order valence-electron chi connectivity index (χ1n) is 4.77. The summed E-state index contributed by atoms with van der Waals surface area (Å²) in [6, 6.07) is -0.273.